The minimum atomic E-state index is -4.70. The van der Waals surface area contributed by atoms with E-state index >= 15 is 0 Å². The fourth-order valence-electron chi connectivity index (χ4n) is 3.84. The lowest BCUT2D eigenvalue weighted by molar-refractivity contribution is -0.137. The molecule has 2 aromatic rings. The molecule has 1 fully saturated rings. The number of methoxy groups -OCH3 is 1. The number of nitrogens with one attached hydrogen (secondary N) is 2. The number of carbonyl (C=O) groups is 2. The molecule has 1 aliphatic heterocycles. The average Bonchev–Trinajstić information content (AvgIpc) is 2.84. The molecule has 0 bridgehead atoms. The van der Waals surface area contributed by atoms with Gasteiger partial charge in [0.05, 0.1) is 23.8 Å². The third-order valence-electron chi connectivity index (χ3n) is 5.73. The lowest BCUT2D eigenvalue weighted by Gasteiger charge is -2.41. The van der Waals surface area contributed by atoms with Gasteiger partial charge >= 0.3 is 12.2 Å². The molecule has 2 N–H and O–H groups in total. The average molecular weight is 489 g/mol. The molecule has 0 aliphatic carbocycles. The Bertz CT molecular complexity index is 1120. The van der Waals surface area contributed by atoms with Crippen LogP contribution < -0.4 is 15.5 Å². The van der Waals surface area contributed by atoms with Crippen LogP contribution in [0, 0.1) is 18.3 Å². The van der Waals surface area contributed by atoms with Gasteiger partial charge in [-0.25, -0.2) is 4.79 Å². The normalized spacial score (nSPS) is 15.9. The maximum absolute atomic E-state index is 13.5. The number of benzene rings is 2. The van der Waals surface area contributed by atoms with Crippen LogP contribution >= 0.6 is 0 Å². The molecule has 8 nitrogen and oxygen atoms in total. The van der Waals surface area contributed by atoms with Crippen molar-refractivity contribution in [2.75, 3.05) is 50.1 Å². The number of urea groups is 1. The molecule has 1 saturated heterocycles. The van der Waals surface area contributed by atoms with Crippen LogP contribution in [0.15, 0.2) is 42.5 Å². The van der Waals surface area contributed by atoms with Gasteiger partial charge in [-0.1, -0.05) is 18.2 Å². The lowest BCUT2D eigenvalue weighted by Crippen LogP contribution is -2.61. The van der Waals surface area contributed by atoms with Crippen LogP contribution in [0.2, 0.25) is 0 Å². The van der Waals surface area contributed by atoms with Crippen molar-refractivity contribution in [3.8, 4) is 6.07 Å². The van der Waals surface area contributed by atoms with Gasteiger partial charge in [-0.05, 0) is 36.8 Å². The number of anilines is 2. The van der Waals surface area contributed by atoms with Crippen molar-refractivity contribution in [1.82, 2.24) is 10.2 Å². The largest absolute Gasteiger partial charge is 0.417 e. The monoisotopic (exact) mass is 489 g/mol. The molecule has 1 aliphatic rings. The first-order chi connectivity index (χ1) is 16.7. The summed E-state index contributed by atoms with van der Waals surface area (Å²) in [4.78, 5) is 29.0. The van der Waals surface area contributed by atoms with Crippen LogP contribution in [-0.4, -0.2) is 62.8 Å². The first-order valence-corrected chi connectivity index (χ1v) is 10.9. The molecule has 2 aromatic carbocycles. The number of ether oxygens (including phenoxy) is 1. The molecule has 0 spiro atoms. The third-order valence-corrected chi connectivity index (χ3v) is 5.73. The van der Waals surface area contributed by atoms with Gasteiger partial charge in [-0.2, -0.15) is 18.4 Å². The Balaban J connectivity index is 1.86. The van der Waals surface area contributed by atoms with Gasteiger partial charge in [0.25, 0.3) is 0 Å². The molecular formula is C24H26F3N5O3. The second-order valence-electron chi connectivity index (χ2n) is 8.02. The van der Waals surface area contributed by atoms with Crippen molar-refractivity contribution < 1.29 is 27.5 Å². The number of hydrogen-bond donors (Lipinski definition) is 2. The second kappa shape index (κ2) is 11.1. The summed E-state index contributed by atoms with van der Waals surface area (Å²) in [6.45, 7) is 2.60. The van der Waals surface area contributed by atoms with E-state index < -0.39 is 35.3 Å². The molecule has 3 amide bonds. The van der Waals surface area contributed by atoms with Crippen LogP contribution in [0.3, 0.4) is 0 Å². The summed E-state index contributed by atoms with van der Waals surface area (Å²) in [5.74, 6) is -0.448. The Morgan fingerprint density at radius 2 is 1.94 bits per heavy atom. The van der Waals surface area contributed by atoms with Gasteiger partial charge in [-0.15, -0.1) is 0 Å². The van der Waals surface area contributed by atoms with Gasteiger partial charge in [-0.3, -0.25) is 4.79 Å². The van der Waals surface area contributed by atoms with Crippen molar-refractivity contribution in [3.05, 3.63) is 59.2 Å². The van der Waals surface area contributed by atoms with E-state index in [1.54, 1.807) is 23.1 Å². The van der Waals surface area contributed by atoms with Crippen molar-refractivity contribution in [3.63, 3.8) is 0 Å². The number of piperazine rings is 1. The standard InChI is InChI=1S/C24H26F3N5O3/c1-16-5-3-4-6-20(16)30-23(34)32-11-10-31(15-21(32)22(33)29-9-12-35-2)18-8-7-17(14-28)19(13-18)24(25,26)27/h3-8,13,21H,9-12,15H2,1-2H3,(H,29,33)(H,30,34). The molecule has 186 valence electrons. The van der Waals surface area contributed by atoms with E-state index in [0.29, 0.717) is 5.69 Å². The number of hydrogen-bond acceptors (Lipinski definition) is 5. The smallest absolute Gasteiger partial charge is 0.383 e. The van der Waals surface area contributed by atoms with E-state index in [9.17, 15) is 22.8 Å². The van der Waals surface area contributed by atoms with Crippen LogP contribution in [-0.2, 0) is 15.7 Å². The summed E-state index contributed by atoms with van der Waals surface area (Å²) in [6, 6.07) is 10.7. The van der Waals surface area contributed by atoms with Crippen molar-refractivity contribution in [1.29, 1.82) is 5.26 Å². The van der Waals surface area contributed by atoms with E-state index in [4.69, 9.17) is 10.00 Å². The van der Waals surface area contributed by atoms with Gasteiger partial charge < -0.3 is 25.2 Å². The SMILES string of the molecule is COCCNC(=O)C1CN(c2ccc(C#N)c(C(F)(F)F)c2)CCN1C(=O)Nc1ccccc1C. The molecule has 35 heavy (non-hydrogen) atoms. The molecule has 0 saturated carbocycles. The maximum Gasteiger partial charge on any atom is 0.417 e. The van der Waals surface area contributed by atoms with Crippen molar-refractivity contribution in [2.24, 2.45) is 0 Å². The molecule has 1 heterocycles. The van der Waals surface area contributed by atoms with Gasteiger partial charge in [0.2, 0.25) is 5.91 Å². The fraction of sp³-hybridized carbons (Fsp3) is 0.375. The van der Waals surface area contributed by atoms with Crippen LogP contribution in [0.25, 0.3) is 0 Å². The predicted octanol–water partition coefficient (Wildman–Crippen LogP) is 3.37. The predicted molar refractivity (Wildman–Crippen MR) is 124 cm³/mol. The quantitative estimate of drug-likeness (QED) is 0.607. The van der Waals surface area contributed by atoms with E-state index in [2.05, 4.69) is 10.6 Å². The maximum atomic E-state index is 13.5. The molecule has 1 atom stereocenters. The molecule has 1 unspecified atom stereocenters. The number of nitrogens with zero attached hydrogens (tertiary/aromatic N) is 3. The Labute approximate surface area is 201 Å². The number of carbonyl (C=O) groups excluding carboxylic acids is 2. The zero-order chi connectivity index (χ0) is 25.6. The number of alkyl halides is 3. The summed E-state index contributed by atoms with van der Waals surface area (Å²) in [5.41, 5.74) is 0.132. The van der Waals surface area contributed by atoms with Crippen LogP contribution in [0.5, 0.6) is 0 Å². The van der Waals surface area contributed by atoms with E-state index in [0.717, 1.165) is 17.7 Å². The van der Waals surface area contributed by atoms with Crippen LogP contribution in [0.1, 0.15) is 16.7 Å². The Morgan fingerprint density at radius 1 is 1.20 bits per heavy atom. The molecular weight excluding hydrogens is 463 g/mol. The molecule has 0 aromatic heterocycles. The summed E-state index contributed by atoms with van der Waals surface area (Å²) < 4.78 is 45.3. The highest BCUT2D eigenvalue weighted by Gasteiger charge is 2.38. The molecule has 0 radical (unpaired) electrons. The zero-order valence-electron chi connectivity index (χ0n) is 19.4. The third kappa shape index (κ3) is 6.22. The minimum absolute atomic E-state index is 0.0246. The van der Waals surface area contributed by atoms with Crippen LogP contribution in [0.4, 0.5) is 29.3 Å². The Morgan fingerprint density at radius 3 is 2.60 bits per heavy atom. The highest BCUT2D eigenvalue weighted by Crippen LogP contribution is 2.35. The number of amides is 3. The van der Waals surface area contributed by atoms with Gasteiger partial charge in [0.1, 0.15) is 6.04 Å². The number of para-hydroxylation sites is 1. The Hall–Kier alpha value is -3.78. The van der Waals surface area contributed by atoms with E-state index in [1.807, 2.05) is 19.1 Å². The summed E-state index contributed by atoms with van der Waals surface area (Å²) in [5, 5.41) is 14.6. The summed E-state index contributed by atoms with van der Waals surface area (Å²) in [7, 11) is 1.49. The van der Waals surface area contributed by atoms with E-state index in [1.165, 1.54) is 18.1 Å². The number of halogens is 3. The van der Waals surface area contributed by atoms with Gasteiger partial charge in [0, 0.05) is 44.7 Å². The fourth-order valence-corrected chi connectivity index (χ4v) is 3.84. The number of aryl methyl sites for hydroxylation is 1. The molecule has 3 rings (SSSR count). The highest BCUT2D eigenvalue weighted by atomic mass is 19.4. The first kappa shape index (κ1) is 25.8. The number of rotatable bonds is 6. The highest BCUT2D eigenvalue weighted by molar-refractivity contribution is 5.95. The van der Waals surface area contributed by atoms with Crippen molar-refractivity contribution >= 4 is 23.3 Å². The second-order valence-corrected chi connectivity index (χ2v) is 8.02. The van der Waals surface area contributed by atoms with Crippen molar-refractivity contribution in [2.45, 2.75) is 19.1 Å². The minimum Gasteiger partial charge on any atom is -0.383 e. The Kier molecular flexibility index (Phi) is 8.19. The molecule has 11 heteroatoms. The summed E-state index contributed by atoms with van der Waals surface area (Å²) >= 11 is 0. The van der Waals surface area contributed by atoms with Gasteiger partial charge in [0.15, 0.2) is 0 Å². The number of nitriles is 1. The van der Waals surface area contributed by atoms with E-state index in [-0.39, 0.29) is 38.5 Å². The zero-order valence-corrected chi connectivity index (χ0v) is 19.4. The first-order valence-electron chi connectivity index (χ1n) is 10.9. The summed E-state index contributed by atoms with van der Waals surface area (Å²) in [6.07, 6.45) is -4.70. The lowest BCUT2D eigenvalue weighted by atomic mass is 10.0. The topological polar surface area (TPSA) is 97.7 Å².